The zero-order valence-electron chi connectivity index (χ0n) is 12.2. The molecule has 0 radical (unpaired) electrons. The summed E-state index contributed by atoms with van der Waals surface area (Å²) in [5, 5.41) is 14.1. The smallest absolute Gasteiger partial charge is 0.269 e. The van der Waals surface area contributed by atoms with Crippen molar-refractivity contribution in [2.75, 3.05) is 39.3 Å². The van der Waals surface area contributed by atoms with Crippen molar-refractivity contribution < 1.29 is 4.92 Å². The van der Waals surface area contributed by atoms with E-state index in [1.54, 1.807) is 12.1 Å². The van der Waals surface area contributed by atoms with Crippen molar-refractivity contribution in [1.29, 1.82) is 0 Å². The molecule has 0 spiro atoms. The molecule has 2 aliphatic heterocycles. The third-order valence-electron chi connectivity index (χ3n) is 4.47. The maximum absolute atomic E-state index is 10.7. The van der Waals surface area contributed by atoms with Crippen LogP contribution in [0.5, 0.6) is 0 Å². The highest BCUT2D eigenvalue weighted by Gasteiger charge is 2.28. The molecule has 0 saturated carbocycles. The second-order valence-electron chi connectivity index (χ2n) is 5.89. The first kappa shape index (κ1) is 14.4. The number of rotatable bonds is 4. The largest absolute Gasteiger partial charge is 0.314 e. The molecule has 0 aromatic heterocycles. The number of hydrogen-bond donors (Lipinski definition) is 1. The molecule has 6 nitrogen and oxygen atoms in total. The Morgan fingerprint density at radius 3 is 2.57 bits per heavy atom. The molecule has 2 aliphatic rings. The molecule has 1 atom stereocenters. The Morgan fingerprint density at radius 2 is 1.90 bits per heavy atom. The molecule has 1 aromatic carbocycles. The van der Waals surface area contributed by atoms with Gasteiger partial charge in [-0.15, -0.1) is 0 Å². The van der Waals surface area contributed by atoms with E-state index in [-0.39, 0.29) is 10.6 Å². The fraction of sp³-hybridized carbons (Fsp3) is 0.600. The lowest BCUT2D eigenvalue weighted by Gasteiger charge is -2.32. The zero-order valence-corrected chi connectivity index (χ0v) is 12.2. The molecular formula is C15H22N4O2. The maximum Gasteiger partial charge on any atom is 0.269 e. The standard InChI is InChI=1S/C15H22N4O2/c20-19(21)14-3-1-13(2-4-14)11-17-8-5-15(12-17)18-9-6-16-7-10-18/h1-4,15-16H,5-12H2. The number of benzene rings is 1. The van der Waals surface area contributed by atoms with Crippen molar-refractivity contribution in [3.05, 3.63) is 39.9 Å². The van der Waals surface area contributed by atoms with Gasteiger partial charge in [-0.05, 0) is 12.0 Å². The summed E-state index contributed by atoms with van der Waals surface area (Å²) in [5.74, 6) is 0. The summed E-state index contributed by atoms with van der Waals surface area (Å²) >= 11 is 0. The summed E-state index contributed by atoms with van der Waals surface area (Å²) in [6.45, 7) is 7.60. The van der Waals surface area contributed by atoms with Crippen molar-refractivity contribution in [1.82, 2.24) is 15.1 Å². The van der Waals surface area contributed by atoms with Gasteiger partial charge in [-0.25, -0.2) is 0 Å². The van der Waals surface area contributed by atoms with Gasteiger partial charge in [-0.3, -0.25) is 19.9 Å². The average molecular weight is 290 g/mol. The van der Waals surface area contributed by atoms with Crippen LogP contribution in [0.15, 0.2) is 24.3 Å². The lowest BCUT2D eigenvalue weighted by Crippen LogP contribution is -2.49. The van der Waals surface area contributed by atoms with Crippen LogP contribution in [0, 0.1) is 10.1 Å². The number of piperazine rings is 1. The molecular weight excluding hydrogens is 268 g/mol. The molecule has 3 rings (SSSR count). The fourth-order valence-corrected chi connectivity index (χ4v) is 3.28. The van der Waals surface area contributed by atoms with Crippen LogP contribution >= 0.6 is 0 Å². The van der Waals surface area contributed by atoms with Gasteiger partial charge in [0.1, 0.15) is 0 Å². The molecule has 0 aliphatic carbocycles. The highest BCUT2D eigenvalue weighted by molar-refractivity contribution is 5.32. The van der Waals surface area contributed by atoms with Crippen LogP contribution < -0.4 is 5.32 Å². The van der Waals surface area contributed by atoms with Gasteiger partial charge < -0.3 is 5.32 Å². The minimum Gasteiger partial charge on any atom is -0.314 e. The summed E-state index contributed by atoms with van der Waals surface area (Å²) in [6.07, 6.45) is 1.23. The van der Waals surface area contributed by atoms with E-state index in [4.69, 9.17) is 0 Å². The molecule has 21 heavy (non-hydrogen) atoms. The first-order valence-corrected chi connectivity index (χ1v) is 7.63. The summed E-state index contributed by atoms with van der Waals surface area (Å²) in [6, 6.07) is 7.61. The van der Waals surface area contributed by atoms with Crippen LogP contribution in [0.25, 0.3) is 0 Å². The molecule has 1 N–H and O–H groups in total. The number of non-ortho nitro benzene ring substituents is 1. The highest BCUT2D eigenvalue weighted by Crippen LogP contribution is 2.19. The Kier molecular flexibility index (Phi) is 4.48. The Hall–Kier alpha value is -1.50. The van der Waals surface area contributed by atoms with Crippen molar-refractivity contribution in [2.24, 2.45) is 0 Å². The molecule has 114 valence electrons. The predicted molar refractivity (Wildman–Crippen MR) is 81.2 cm³/mol. The van der Waals surface area contributed by atoms with E-state index >= 15 is 0 Å². The van der Waals surface area contributed by atoms with Gasteiger partial charge in [-0.1, -0.05) is 12.1 Å². The molecule has 2 heterocycles. The number of nitrogens with one attached hydrogen (secondary N) is 1. The van der Waals surface area contributed by atoms with Crippen molar-refractivity contribution in [3.63, 3.8) is 0 Å². The van der Waals surface area contributed by atoms with E-state index in [2.05, 4.69) is 15.1 Å². The van der Waals surface area contributed by atoms with Crippen molar-refractivity contribution >= 4 is 5.69 Å². The zero-order chi connectivity index (χ0) is 14.7. The van der Waals surface area contributed by atoms with E-state index < -0.39 is 0 Å². The molecule has 2 saturated heterocycles. The minimum absolute atomic E-state index is 0.166. The second kappa shape index (κ2) is 6.51. The van der Waals surface area contributed by atoms with Crippen LogP contribution in [-0.2, 0) is 6.54 Å². The minimum atomic E-state index is -0.347. The van der Waals surface area contributed by atoms with E-state index in [9.17, 15) is 10.1 Å². The van der Waals surface area contributed by atoms with Gasteiger partial charge in [0, 0.05) is 64.0 Å². The van der Waals surface area contributed by atoms with Gasteiger partial charge in [0.2, 0.25) is 0 Å². The summed E-state index contributed by atoms with van der Waals surface area (Å²) in [5.41, 5.74) is 1.32. The third-order valence-corrected chi connectivity index (χ3v) is 4.47. The normalized spacial score (nSPS) is 24.3. The Bertz CT molecular complexity index is 485. The number of nitro groups is 1. The number of nitro benzene ring substituents is 1. The number of likely N-dealkylation sites (tertiary alicyclic amines) is 1. The van der Waals surface area contributed by atoms with Gasteiger partial charge in [0.25, 0.3) is 5.69 Å². The van der Waals surface area contributed by atoms with Crippen LogP contribution in [0.2, 0.25) is 0 Å². The van der Waals surface area contributed by atoms with Crippen LogP contribution in [0.1, 0.15) is 12.0 Å². The summed E-state index contributed by atoms with van der Waals surface area (Å²) < 4.78 is 0. The van der Waals surface area contributed by atoms with Gasteiger partial charge in [0.15, 0.2) is 0 Å². The predicted octanol–water partition coefficient (Wildman–Crippen LogP) is 1.07. The Morgan fingerprint density at radius 1 is 1.19 bits per heavy atom. The van der Waals surface area contributed by atoms with E-state index in [0.717, 1.165) is 51.4 Å². The summed E-state index contributed by atoms with van der Waals surface area (Å²) in [7, 11) is 0. The van der Waals surface area contributed by atoms with E-state index in [1.165, 1.54) is 6.42 Å². The van der Waals surface area contributed by atoms with Crippen LogP contribution in [0.4, 0.5) is 5.69 Å². The summed E-state index contributed by atoms with van der Waals surface area (Å²) in [4.78, 5) is 15.4. The Labute approximate surface area is 124 Å². The number of hydrogen-bond acceptors (Lipinski definition) is 5. The van der Waals surface area contributed by atoms with Gasteiger partial charge in [-0.2, -0.15) is 0 Å². The van der Waals surface area contributed by atoms with E-state index in [0.29, 0.717) is 6.04 Å². The highest BCUT2D eigenvalue weighted by atomic mass is 16.6. The molecule has 1 aromatic rings. The lowest BCUT2D eigenvalue weighted by atomic mass is 10.2. The first-order chi connectivity index (χ1) is 10.2. The third kappa shape index (κ3) is 3.58. The molecule has 1 unspecified atom stereocenters. The SMILES string of the molecule is O=[N+]([O-])c1ccc(CN2CCC(N3CCNCC3)C2)cc1. The Balaban J connectivity index is 1.53. The number of nitrogens with zero attached hydrogens (tertiary/aromatic N) is 3. The molecule has 0 amide bonds. The maximum atomic E-state index is 10.7. The molecule has 2 fully saturated rings. The van der Waals surface area contributed by atoms with Gasteiger partial charge >= 0.3 is 0 Å². The first-order valence-electron chi connectivity index (χ1n) is 7.63. The van der Waals surface area contributed by atoms with Crippen molar-refractivity contribution in [3.8, 4) is 0 Å². The lowest BCUT2D eigenvalue weighted by molar-refractivity contribution is -0.384. The average Bonchev–Trinajstić information content (AvgIpc) is 2.97. The van der Waals surface area contributed by atoms with Crippen LogP contribution in [0.3, 0.4) is 0 Å². The van der Waals surface area contributed by atoms with Gasteiger partial charge in [0.05, 0.1) is 4.92 Å². The quantitative estimate of drug-likeness (QED) is 0.664. The van der Waals surface area contributed by atoms with E-state index in [1.807, 2.05) is 12.1 Å². The molecule has 0 bridgehead atoms. The molecule has 6 heteroatoms. The topological polar surface area (TPSA) is 61.7 Å². The van der Waals surface area contributed by atoms with Crippen molar-refractivity contribution in [2.45, 2.75) is 19.0 Å². The monoisotopic (exact) mass is 290 g/mol. The fourth-order valence-electron chi connectivity index (χ4n) is 3.28. The second-order valence-corrected chi connectivity index (χ2v) is 5.89. The van der Waals surface area contributed by atoms with Crippen LogP contribution in [-0.4, -0.2) is 60.0 Å².